The summed E-state index contributed by atoms with van der Waals surface area (Å²) in [4.78, 5) is 17.8. The van der Waals surface area contributed by atoms with Gasteiger partial charge in [0.05, 0.1) is 34.5 Å². The molecule has 0 saturated carbocycles. The average Bonchev–Trinajstić information content (AvgIpc) is 3.21. The van der Waals surface area contributed by atoms with Crippen LogP contribution in [-0.4, -0.2) is 30.1 Å². The minimum Gasteiger partial charge on any atom is -0.365 e. The smallest absolute Gasteiger partial charge is 0.159 e. The number of hydrogen-bond acceptors (Lipinski definition) is 6. The fraction of sp³-hybridized carbons (Fsp3) is 0.0500. The molecule has 0 bridgehead atoms. The Hall–Kier alpha value is -3.58. The zero-order valence-electron chi connectivity index (χ0n) is 14.6. The van der Waals surface area contributed by atoms with Gasteiger partial charge in [0.2, 0.25) is 0 Å². The van der Waals surface area contributed by atoms with Crippen LogP contribution in [0.2, 0.25) is 5.02 Å². The van der Waals surface area contributed by atoms with Gasteiger partial charge in [-0.1, -0.05) is 29.8 Å². The van der Waals surface area contributed by atoms with Gasteiger partial charge in [0.15, 0.2) is 5.65 Å². The lowest BCUT2D eigenvalue weighted by molar-refractivity contribution is 1.09. The molecule has 0 fully saturated rings. The first-order valence-electron chi connectivity index (χ1n) is 8.66. The van der Waals surface area contributed by atoms with E-state index in [1.54, 1.807) is 12.4 Å². The normalized spacial score (nSPS) is 11.2. The van der Waals surface area contributed by atoms with E-state index in [1.165, 1.54) is 6.33 Å². The van der Waals surface area contributed by atoms with Crippen molar-refractivity contribution in [1.29, 1.82) is 0 Å². The van der Waals surface area contributed by atoms with E-state index in [2.05, 4.69) is 35.5 Å². The molecule has 5 rings (SSSR count). The summed E-state index contributed by atoms with van der Waals surface area (Å²) in [6.45, 7) is 0.623. The molecule has 28 heavy (non-hydrogen) atoms. The van der Waals surface area contributed by atoms with Crippen LogP contribution >= 0.6 is 11.6 Å². The monoisotopic (exact) mass is 387 g/mol. The maximum atomic E-state index is 6.03. The van der Waals surface area contributed by atoms with Crippen LogP contribution in [-0.2, 0) is 6.54 Å². The van der Waals surface area contributed by atoms with E-state index in [0.717, 1.165) is 33.2 Å². The summed E-state index contributed by atoms with van der Waals surface area (Å²) in [6, 6.07) is 13.6. The van der Waals surface area contributed by atoms with Crippen molar-refractivity contribution < 1.29 is 0 Å². The van der Waals surface area contributed by atoms with E-state index in [9.17, 15) is 0 Å². The van der Waals surface area contributed by atoms with Crippen LogP contribution in [0.5, 0.6) is 0 Å². The van der Waals surface area contributed by atoms with E-state index >= 15 is 0 Å². The van der Waals surface area contributed by atoms with Crippen LogP contribution in [0.25, 0.3) is 33.3 Å². The molecule has 2 aromatic carbocycles. The first kappa shape index (κ1) is 16.6. The van der Waals surface area contributed by atoms with Gasteiger partial charge in [-0.15, -0.1) is 0 Å². The minimum atomic E-state index is 0.623. The van der Waals surface area contributed by atoms with E-state index in [1.807, 2.05) is 42.5 Å². The van der Waals surface area contributed by atoms with Crippen LogP contribution in [0.3, 0.4) is 0 Å². The van der Waals surface area contributed by atoms with E-state index < -0.39 is 0 Å². The van der Waals surface area contributed by atoms with Crippen molar-refractivity contribution in [2.45, 2.75) is 6.54 Å². The maximum absolute atomic E-state index is 6.03. The lowest BCUT2D eigenvalue weighted by atomic mass is 10.1. The number of fused-ring (bicyclic) bond motifs is 2. The highest BCUT2D eigenvalue weighted by molar-refractivity contribution is 6.30. The molecule has 7 nitrogen and oxygen atoms in total. The Labute approximate surface area is 164 Å². The van der Waals surface area contributed by atoms with Gasteiger partial charge in [-0.05, 0) is 29.8 Å². The van der Waals surface area contributed by atoms with Crippen LogP contribution in [0.15, 0.2) is 61.2 Å². The molecule has 0 spiro atoms. The Kier molecular flexibility index (Phi) is 4.06. The first-order valence-corrected chi connectivity index (χ1v) is 9.04. The SMILES string of the molecule is Clc1cccc(CNc2cnc3cc(-c4ncnc5[nH]ncc45)ccc3n2)c1. The molecule has 2 N–H and O–H groups in total. The van der Waals surface area contributed by atoms with Crippen molar-refractivity contribution in [1.82, 2.24) is 30.1 Å². The molecule has 136 valence electrons. The largest absolute Gasteiger partial charge is 0.365 e. The summed E-state index contributed by atoms with van der Waals surface area (Å²) >= 11 is 6.03. The third-order valence-corrected chi connectivity index (χ3v) is 4.66. The predicted molar refractivity (Wildman–Crippen MR) is 109 cm³/mol. The summed E-state index contributed by atoms with van der Waals surface area (Å²) < 4.78 is 0. The molecule has 0 aliphatic carbocycles. The number of hydrogen-bond donors (Lipinski definition) is 2. The van der Waals surface area contributed by atoms with Gasteiger partial charge < -0.3 is 5.32 Å². The summed E-state index contributed by atoms with van der Waals surface area (Å²) in [5.74, 6) is 0.708. The third-order valence-electron chi connectivity index (χ3n) is 4.43. The number of nitrogens with zero attached hydrogens (tertiary/aromatic N) is 5. The summed E-state index contributed by atoms with van der Waals surface area (Å²) in [7, 11) is 0. The highest BCUT2D eigenvalue weighted by atomic mass is 35.5. The van der Waals surface area contributed by atoms with Gasteiger partial charge in [-0.2, -0.15) is 5.10 Å². The fourth-order valence-electron chi connectivity index (χ4n) is 3.08. The number of rotatable bonds is 4. The number of aromatic amines is 1. The first-order chi connectivity index (χ1) is 13.8. The third kappa shape index (κ3) is 3.12. The second-order valence-corrected chi connectivity index (χ2v) is 6.73. The molecule has 0 radical (unpaired) electrons. The lowest BCUT2D eigenvalue weighted by Gasteiger charge is -2.08. The predicted octanol–water partition coefficient (Wildman–Crippen LogP) is 4.23. The Morgan fingerprint density at radius 2 is 1.93 bits per heavy atom. The Morgan fingerprint density at radius 1 is 0.964 bits per heavy atom. The number of anilines is 1. The number of aromatic nitrogens is 6. The molecular formula is C20H14ClN7. The van der Waals surface area contributed by atoms with Crippen molar-refractivity contribution in [3.63, 3.8) is 0 Å². The highest BCUT2D eigenvalue weighted by Gasteiger charge is 2.09. The van der Waals surface area contributed by atoms with Gasteiger partial charge in [-0.3, -0.25) is 10.1 Å². The zero-order chi connectivity index (χ0) is 18.9. The number of H-pyrrole nitrogens is 1. The van der Waals surface area contributed by atoms with Gasteiger partial charge >= 0.3 is 0 Å². The minimum absolute atomic E-state index is 0.623. The fourth-order valence-corrected chi connectivity index (χ4v) is 3.29. The molecule has 0 aliphatic rings. The number of nitrogens with one attached hydrogen (secondary N) is 2. The van der Waals surface area contributed by atoms with Gasteiger partial charge in [-0.25, -0.2) is 15.0 Å². The quantitative estimate of drug-likeness (QED) is 0.479. The molecule has 0 unspecified atom stereocenters. The van der Waals surface area contributed by atoms with Crippen LogP contribution < -0.4 is 5.32 Å². The summed E-state index contributed by atoms with van der Waals surface area (Å²) in [5, 5.41) is 11.8. The highest BCUT2D eigenvalue weighted by Crippen LogP contribution is 2.26. The lowest BCUT2D eigenvalue weighted by Crippen LogP contribution is -2.02. The molecule has 0 aliphatic heterocycles. The summed E-state index contributed by atoms with van der Waals surface area (Å²) in [6.07, 6.45) is 4.97. The van der Waals surface area contributed by atoms with E-state index in [4.69, 9.17) is 11.6 Å². The van der Waals surface area contributed by atoms with E-state index in [-0.39, 0.29) is 0 Å². The standard InChI is InChI=1S/C20H14ClN7/c21-14-3-1-2-12(6-14)8-23-18-10-22-17-7-13(4-5-16(17)27-18)19-15-9-26-28-20(15)25-11-24-19/h1-7,9-11H,8H2,(H,23,27)(H,24,25,26,28). The van der Waals surface area contributed by atoms with E-state index in [0.29, 0.717) is 23.0 Å². The van der Waals surface area contributed by atoms with Crippen molar-refractivity contribution in [3.8, 4) is 11.3 Å². The molecular weight excluding hydrogens is 374 g/mol. The number of benzene rings is 2. The Morgan fingerprint density at radius 3 is 2.86 bits per heavy atom. The second kappa shape index (κ2) is 6.86. The van der Waals surface area contributed by atoms with Crippen molar-refractivity contribution >= 4 is 39.5 Å². The maximum Gasteiger partial charge on any atom is 0.159 e. The molecule has 0 amide bonds. The van der Waals surface area contributed by atoms with Crippen LogP contribution in [0.1, 0.15) is 5.56 Å². The zero-order valence-corrected chi connectivity index (χ0v) is 15.4. The van der Waals surface area contributed by atoms with Crippen molar-refractivity contribution in [2.24, 2.45) is 0 Å². The van der Waals surface area contributed by atoms with Gasteiger partial charge in [0.1, 0.15) is 12.1 Å². The molecule has 8 heteroatoms. The van der Waals surface area contributed by atoms with Crippen LogP contribution in [0.4, 0.5) is 5.82 Å². The average molecular weight is 388 g/mol. The molecule has 5 aromatic rings. The molecule has 0 saturated heterocycles. The molecule has 3 aromatic heterocycles. The van der Waals surface area contributed by atoms with Crippen molar-refractivity contribution in [3.05, 3.63) is 71.8 Å². The Balaban J connectivity index is 1.44. The Bertz CT molecular complexity index is 1300. The van der Waals surface area contributed by atoms with Crippen LogP contribution in [0, 0.1) is 0 Å². The topological polar surface area (TPSA) is 92.3 Å². The number of halogens is 1. The van der Waals surface area contributed by atoms with Crippen molar-refractivity contribution in [2.75, 3.05) is 5.32 Å². The summed E-state index contributed by atoms with van der Waals surface area (Å²) in [5.41, 5.74) is 5.13. The molecule has 3 heterocycles. The second-order valence-electron chi connectivity index (χ2n) is 6.30. The van der Waals surface area contributed by atoms with Gasteiger partial charge in [0, 0.05) is 17.1 Å². The molecule has 0 atom stereocenters. The van der Waals surface area contributed by atoms with Gasteiger partial charge in [0.25, 0.3) is 0 Å².